The Kier molecular flexibility index (Phi) is 6.72. The molecule has 1 saturated heterocycles. The third kappa shape index (κ3) is 5.06. The van der Waals surface area contributed by atoms with Crippen LogP contribution >= 0.6 is 11.8 Å². The second-order valence-corrected chi connectivity index (χ2v) is 7.52. The van der Waals surface area contributed by atoms with Gasteiger partial charge in [0.1, 0.15) is 5.75 Å². The molecular formula is C22H21N2O4S-. The predicted octanol–water partition coefficient (Wildman–Crippen LogP) is 2.81. The average Bonchev–Trinajstić information content (AvgIpc) is 2.99. The molecule has 3 rings (SSSR count). The zero-order valence-electron chi connectivity index (χ0n) is 16.0. The second-order valence-electron chi connectivity index (χ2n) is 6.35. The monoisotopic (exact) mass is 409 g/mol. The zero-order valence-corrected chi connectivity index (χ0v) is 16.9. The van der Waals surface area contributed by atoms with Gasteiger partial charge in [-0.3, -0.25) is 9.69 Å². The summed E-state index contributed by atoms with van der Waals surface area (Å²) in [7, 11) is 0. The standard InChI is InChI=1S/C22H22N2O4S/c1-3-13-24-20(25)19(14-15-5-11-18(12-6-15)28-4-2)29-22(24)23-17-9-7-16(8-10-17)21(26)27/h3,5-12,19H,1,4,13-14H2,2H3,(H,26,27)/p-1. The molecule has 0 aromatic heterocycles. The molecule has 0 bridgehead atoms. The summed E-state index contributed by atoms with van der Waals surface area (Å²) >= 11 is 1.40. The van der Waals surface area contributed by atoms with Crippen molar-refractivity contribution in [2.75, 3.05) is 13.2 Å². The minimum atomic E-state index is -1.24. The van der Waals surface area contributed by atoms with Crippen LogP contribution in [0.2, 0.25) is 0 Å². The van der Waals surface area contributed by atoms with E-state index in [2.05, 4.69) is 11.6 Å². The lowest BCUT2D eigenvalue weighted by atomic mass is 10.1. The minimum absolute atomic E-state index is 0.0195. The number of carboxylic acids is 1. The van der Waals surface area contributed by atoms with Gasteiger partial charge in [-0.2, -0.15) is 0 Å². The van der Waals surface area contributed by atoms with Crippen molar-refractivity contribution in [3.05, 3.63) is 72.3 Å². The van der Waals surface area contributed by atoms with Gasteiger partial charge in [0.2, 0.25) is 5.91 Å². The van der Waals surface area contributed by atoms with Gasteiger partial charge in [0, 0.05) is 6.54 Å². The van der Waals surface area contributed by atoms with Crippen LogP contribution in [0.5, 0.6) is 5.75 Å². The van der Waals surface area contributed by atoms with Gasteiger partial charge in [-0.25, -0.2) is 4.99 Å². The Labute approximate surface area is 173 Å². The largest absolute Gasteiger partial charge is 0.545 e. The lowest BCUT2D eigenvalue weighted by molar-refractivity contribution is -0.255. The molecule has 0 N–H and O–H groups in total. The SMILES string of the molecule is C=CCN1C(=O)C(Cc2ccc(OCC)cc2)SC1=Nc1ccc(C(=O)[O-])cc1. The quantitative estimate of drug-likeness (QED) is 0.626. The first-order chi connectivity index (χ1) is 14.0. The third-order valence-electron chi connectivity index (χ3n) is 4.31. The van der Waals surface area contributed by atoms with E-state index in [0.29, 0.717) is 30.4 Å². The van der Waals surface area contributed by atoms with Crippen LogP contribution in [0.4, 0.5) is 5.69 Å². The number of benzene rings is 2. The molecule has 1 heterocycles. The Morgan fingerprint density at radius 2 is 1.93 bits per heavy atom. The molecule has 1 aliphatic heterocycles. The summed E-state index contributed by atoms with van der Waals surface area (Å²) in [6.07, 6.45) is 2.23. The maximum atomic E-state index is 12.9. The number of aromatic carboxylic acids is 1. The molecule has 0 aliphatic carbocycles. The number of hydrogen-bond donors (Lipinski definition) is 0. The Balaban J connectivity index is 1.78. The number of carbonyl (C=O) groups is 2. The Bertz CT molecular complexity index is 923. The van der Waals surface area contributed by atoms with Gasteiger partial charge < -0.3 is 14.6 Å². The van der Waals surface area contributed by atoms with E-state index in [1.54, 1.807) is 23.1 Å². The fourth-order valence-corrected chi connectivity index (χ4v) is 4.12. The molecule has 2 aromatic rings. The molecule has 6 nitrogen and oxygen atoms in total. The summed E-state index contributed by atoms with van der Waals surface area (Å²) in [5.41, 5.74) is 1.69. The van der Waals surface area contributed by atoms with Gasteiger partial charge in [-0.1, -0.05) is 42.1 Å². The van der Waals surface area contributed by atoms with Crippen LogP contribution in [0.1, 0.15) is 22.8 Å². The summed E-state index contributed by atoms with van der Waals surface area (Å²) in [5.74, 6) is -0.454. The van der Waals surface area contributed by atoms with E-state index in [9.17, 15) is 14.7 Å². The van der Waals surface area contributed by atoms with Crippen molar-refractivity contribution < 1.29 is 19.4 Å². The first-order valence-electron chi connectivity index (χ1n) is 9.22. The first-order valence-corrected chi connectivity index (χ1v) is 10.1. The fourth-order valence-electron chi connectivity index (χ4n) is 2.91. The Hall–Kier alpha value is -3.06. The van der Waals surface area contributed by atoms with Crippen LogP contribution in [-0.2, 0) is 11.2 Å². The number of amides is 1. The molecule has 1 unspecified atom stereocenters. The summed E-state index contributed by atoms with van der Waals surface area (Å²) in [5, 5.41) is 11.2. The van der Waals surface area contributed by atoms with Gasteiger partial charge in [-0.15, -0.1) is 6.58 Å². The summed E-state index contributed by atoms with van der Waals surface area (Å²) in [4.78, 5) is 29.9. The highest BCUT2D eigenvalue weighted by Crippen LogP contribution is 2.32. The fraction of sp³-hybridized carbons (Fsp3) is 0.227. The normalized spacial score (nSPS) is 17.6. The van der Waals surface area contributed by atoms with Gasteiger partial charge in [0.25, 0.3) is 0 Å². The number of carbonyl (C=O) groups excluding carboxylic acids is 2. The van der Waals surface area contributed by atoms with E-state index in [1.165, 1.54) is 23.9 Å². The van der Waals surface area contributed by atoms with Crippen molar-refractivity contribution in [2.24, 2.45) is 4.99 Å². The van der Waals surface area contributed by atoms with E-state index < -0.39 is 5.97 Å². The molecule has 29 heavy (non-hydrogen) atoms. The summed E-state index contributed by atoms with van der Waals surface area (Å²) in [6.45, 7) is 6.63. The lowest BCUT2D eigenvalue weighted by Gasteiger charge is -2.14. The third-order valence-corrected chi connectivity index (χ3v) is 5.49. The molecule has 1 amide bonds. The minimum Gasteiger partial charge on any atom is -0.545 e. The predicted molar refractivity (Wildman–Crippen MR) is 112 cm³/mol. The van der Waals surface area contributed by atoms with Gasteiger partial charge in [0.15, 0.2) is 5.17 Å². The molecule has 2 aromatic carbocycles. The van der Waals surface area contributed by atoms with Crippen molar-refractivity contribution in [2.45, 2.75) is 18.6 Å². The number of rotatable bonds is 8. The molecule has 7 heteroatoms. The number of hydrogen-bond acceptors (Lipinski definition) is 6. The molecule has 150 valence electrons. The van der Waals surface area contributed by atoms with Crippen LogP contribution < -0.4 is 9.84 Å². The van der Waals surface area contributed by atoms with E-state index in [1.807, 2.05) is 31.2 Å². The number of carboxylic acid groups (broad SMARTS) is 1. The van der Waals surface area contributed by atoms with Crippen LogP contribution in [-0.4, -0.2) is 40.3 Å². The van der Waals surface area contributed by atoms with Crippen LogP contribution in [0.15, 0.2) is 66.2 Å². The molecule has 0 saturated carbocycles. The van der Waals surface area contributed by atoms with Gasteiger partial charge in [-0.05, 0) is 48.7 Å². The highest BCUT2D eigenvalue weighted by molar-refractivity contribution is 8.15. The van der Waals surface area contributed by atoms with E-state index in [4.69, 9.17) is 4.74 Å². The summed E-state index contributed by atoms with van der Waals surface area (Å²) in [6, 6.07) is 13.8. The number of amidine groups is 1. The second kappa shape index (κ2) is 9.43. The lowest BCUT2D eigenvalue weighted by Crippen LogP contribution is -2.32. The highest BCUT2D eigenvalue weighted by Gasteiger charge is 2.37. The smallest absolute Gasteiger partial charge is 0.242 e. The number of aliphatic imine (C=N–C) groups is 1. The molecule has 1 fully saturated rings. The topological polar surface area (TPSA) is 82.0 Å². The first kappa shape index (κ1) is 20.7. The van der Waals surface area contributed by atoms with Gasteiger partial charge >= 0.3 is 0 Å². The number of thioether (sulfide) groups is 1. The average molecular weight is 409 g/mol. The molecule has 1 atom stereocenters. The Morgan fingerprint density at radius 3 is 2.52 bits per heavy atom. The highest BCUT2D eigenvalue weighted by atomic mass is 32.2. The van der Waals surface area contributed by atoms with Gasteiger partial charge in [0.05, 0.1) is 23.5 Å². The molecular weight excluding hydrogens is 388 g/mol. The van der Waals surface area contributed by atoms with E-state index in [-0.39, 0.29) is 16.7 Å². The van der Waals surface area contributed by atoms with Crippen molar-refractivity contribution in [3.63, 3.8) is 0 Å². The maximum absolute atomic E-state index is 12.9. The van der Waals surface area contributed by atoms with Crippen LogP contribution in [0.3, 0.4) is 0 Å². The number of nitrogens with zero attached hydrogens (tertiary/aromatic N) is 2. The van der Waals surface area contributed by atoms with Crippen molar-refractivity contribution in [1.82, 2.24) is 4.90 Å². The Morgan fingerprint density at radius 1 is 1.24 bits per heavy atom. The number of ether oxygens (including phenoxy) is 1. The van der Waals surface area contributed by atoms with Crippen molar-refractivity contribution in [3.8, 4) is 5.75 Å². The van der Waals surface area contributed by atoms with Crippen LogP contribution in [0, 0.1) is 0 Å². The van der Waals surface area contributed by atoms with Crippen LogP contribution in [0.25, 0.3) is 0 Å². The van der Waals surface area contributed by atoms with Crippen molar-refractivity contribution >= 4 is 34.5 Å². The molecule has 1 aliphatic rings. The van der Waals surface area contributed by atoms with E-state index >= 15 is 0 Å². The summed E-state index contributed by atoms with van der Waals surface area (Å²) < 4.78 is 5.46. The maximum Gasteiger partial charge on any atom is 0.242 e. The van der Waals surface area contributed by atoms with E-state index in [0.717, 1.165) is 11.3 Å². The molecule has 0 spiro atoms. The zero-order chi connectivity index (χ0) is 20.8. The molecule has 0 radical (unpaired) electrons. The van der Waals surface area contributed by atoms with Crippen molar-refractivity contribution in [1.29, 1.82) is 0 Å².